The molecule has 0 amide bonds. The van der Waals surface area contributed by atoms with Crippen LogP contribution in [0.4, 0.5) is 11.4 Å². The van der Waals surface area contributed by atoms with E-state index in [-0.39, 0.29) is 5.41 Å². The summed E-state index contributed by atoms with van der Waals surface area (Å²) in [6.07, 6.45) is 0. The minimum Gasteiger partial charge on any atom is -0.465 e. The van der Waals surface area contributed by atoms with Crippen molar-refractivity contribution >= 4 is 17.3 Å². The number of nitrogens with two attached hydrogens (primary N) is 2. The van der Waals surface area contributed by atoms with Crippen LogP contribution in [0.2, 0.25) is 0 Å². The number of benzene rings is 1. The highest BCUT2D eigenvalue weighted by molar-refractivity contribution is 5.92. The first-order chi connectivity index (χ1) is 8.21. The molecule has 0 aliphatic carbocycles. The van der Waals surface area contributed by atoms with Crippen LogP contribution in [0.25, 0.3) is 0 Å². The van der Waals surface area contributed by atoms with Gasteiger partial charge in [-0.05, 0) is 23.5 Å². The van der Waals surface area contributed by atoms with Gasteiger partial charge in [0.2, 0.25) is 0 Å². The molecule has 0 heterocycles. The highest BCUT2D eigenvalue weighted by Crippen LogP contribution is 2.39. The standard InChI is InChI=1S/C14H22N2O2/c1-8(2)14(3,4)12-10(15)6-9(7-11(12)16)13(17)18-5/h6-8H,15-16H2,1-5H3. The normalized spacial score (nSPS) is 11.7. The Hall–Kier alpha value is -1.71. The quantitative estimate of drug-likeness (QED) is 0.638. The van der Waals surface area contributed by atoms with Gasteiger partial charge in [-0.25, -0.2) is 4.79 Å². The number of hydrogen-bond donors (Lipinski definition) is 2. The average molecular weight is 250 g/mol. The zero-order valence-corrected chi connectivity index (χ0v) is 11.7. The van der Waals surface area contributed by atoms with E-state index in [0.29, 0.717) is 22.9 Å². The molecule has 0 radical (unpaired) electrons. The Labute approximate surface area is 108 Å². The van der Waals surface area contributed by atoms with Gasteiger partial charge in [0, 0.05) is 16.9 Å². The molecule has 1 rings (SSSR count). The molecule has 100 valence electrons. The van der Waals surface area contributed by atoms with Gasteiger partial charge in [0.1, 0.15) is 0 Å². The lowest BCUT2D eigenvalue weighted by Crippen LogP contribution is -2.27. The van der Waals surface area contributed by atoms with E-state index < -0.39 is 5.97 Å². The molecule has 0 atom stereocenters. The summed E-state index contributed by atoms with van der Waals surface area (Å²) in [6, 6.07) is 3.25. The Morgan fingerprint density at radius 1 is 1.22 bits per heavy atom. The maximum atomic E-state index is 11.5. The van der Waals surface area contributed by atoms with Crippen LogP contribution in [0.1, 0.15) is 43.6 Å². The van der Waals surface area contributed by atoms with Gasteiger partial charge in [-0.2, -0.15) is 0 Å². The van der Waals surface area contributed by atoms with Crippen LogP contribution in [-0.2, 0) is 10.2 Å². The van der Waals surface area contributed by atoms with Gasteiger partial charge in [0.25, 0.3) is 0 Å². The maximum absolute atomic E-state index is 11.5. The Morgan fingerprint density at radius 3 is 2.00 bits per heavy atom. The first-order valence-corrected chi connectivity index (χ1v) is 5.99. The van der Waals surface area contributed by atoms with Gasteiger partial charge in [0.15, 0.2) is 0 Å². The second-order valence-electron chi connectivity index (χ2n) is 5.40. The van der Waals surface area contributed by atoms with Crippen molar-refractivity contribution in [1.82, 2.24) is 0 Å². The smallest absolute Gasteiger partial charge is 0.337 e. The third-order valence-corrected chi connectivity index (χ3v) is 3.71. The fraction of sp³-hybridized carbons (Fsp3) is 0.500. The molecule has 0 spiro atoms. The number of nitrogen functional groups attached to an aromatic ring is 2. The van der Waals surface area contributed by atoms with Crippen LogP contribution in [-0.4, -0.2) is 13.1 Å². The maximum Gasteiger partial charge on any atom is 0.337 e. The molecule has 0 aliphatic rings. The summed E-state index contributed by atoms with van der Waals surface area (Å²) >= 11 is 0. The first-order valence-electron chi connectivity index (χ1n) is 5.99. The molecule has 0 unspecified atom stereocenters. The predicted molar refractivity (Wildman–Crippen MR) is 74.5 cm³/mol. The van der Waals surface area contributed by atoms with Gasteiger partial charge in [-0.15, -0.1) is 0 Å². The molecule has 0 saturated carbocycles. The Bertz CT molecular complexity index is 442. The summed E-state index contributed by atoms with van der Waals surface area (Å²) in [4.78, 5) is 11.5. The van der Waals surface area contributed by atoms with E-state index in [9.17, 15) is 4.79 Å². The number of methoxy groups -OCH3 is 1. The fourth-order valence-electron chi connectivity index (χ4n) is 1.96. The largest absolute Gasteiger partial charge is 0.465 e. The van der Waals surface area contributed by atoms with Crippen LogP contribution in [0.5, 0.6) is 0 Å². The predicted octanol–water partition coefficient (Wildman–Crippen LogP) is 2.57. The molecule has 0 saturated heterocycles. The summed E-state index contributed by atoms with van der Waals surface area (Å²) in [5.74, 6) is -0.0478. The van der Waals surface area contributed by atoms with Gasteiger partial charge in [-0.1, -0.05) is 27.7 Å². The zero-order chi connectivity index (χ0) is 14.1. The lowest BCUT2D eigenvalue weighted by molar-refractivity contribution is 0.0601. The highest BCUT2D eigenvalue weighted by atomic mass is 16.5. The molecule has 0 fully saturated rings. The van der Waals surface area contributed by atoms with E-state index in [4.69, 9.17) is 11.5 Å². The second kappa shape index (κ2) is 4.88. The van der Waals surface area contributed by atoms with Crippen molar-refractivity contribution in [3.8, 4) is 0 Å². The number of esters is 1. The van der Waals surface area contributed by atoms with E-state index in [2.05, 4.69) is 32.4 Å². The van der Waals surface area contributed by atoms with E-state index in [1.165, 1.54) is 7.11 Å². The van der Waals surface area contributed by atoms with Crippen molar-refractivity contribution in [3.05, 3.63) is 23.3 Å². The Balaban J connectivity index is 3.38. The van der Waals surface area contributed by atoms with Crippen molar-refractivity contribution in [1.29, 1.82) is 0 Å². The van der Waals surface area contributed by atoms with Gasteiger partial charge in [0.05, 0.1) is 12.7 Å². The molecule has 1 aromatic rings. The van der Waals surface area contributed by atoms with Crippen LogP contribution in [0, 0.1) is 5.92 Å². The second-order valence-corrected chi connectivity index (χ2v) is 5.40. The fourth-order valence-corrected chi connectivity index (χ4v) is 1.96. The molecule has 18 heavy (non-hydrogen) atoms. The molecular weight excluding hydrogens is 228 g/mol. The lowest BCUT2D eigenvalue weighted by atomic mass is 9.73. The zero-order valence-electron chi connectivity index (χ0n) is 11.7. The summed E-state index contributed by atoms with van der Waals surface area (Å²) < 4.78 is 4.67. The molecule has 4 heteroatoms. The first kappa shape index (κ1) is 14.4. The third-order valence-electron chi connectivity index (χ3n) is 3.71. The number of carbonyl (C=O) groups excluding carboxylic acids is 1. The number of hydrogen-bond acceptors (Lipinski definition) is 4. The monoisotopic (exact) mass is 250 g/mol. The van der Waals surface area contributed by atoms with Gasteiger partial charge in [-0.3, -0.25) is 0 Å². The molecule has 4 N–H and O–H groups in total. The Kier molecular flexibility index (Phi) is 3.89. The SMILES string of the molecule is COC(=O)c1cc(N)c(C(C)(C)C(C)C)c(N)c1. The molecular formula is C14H22N2O2. The van der Waals surface area contributed by atoms with Crippen LogP contribution in [0.15, 0.2) is 12.1 Å². The van der Waals surface area contributed by atoms with Crippen molar-refractivity contribution in [2.45, 2.75) is 33.1 Å². The number of carbonyl (C=O) groups is 1. The molecule has 0 bridgehead atoms. The summed E-state index contributed by atoms with van der Waals surface area (Å²) in [7, 11) is 1.33. The number of rotatable bonds is 3. The van der Waals surface area contributed by atoms with Crippen LogP contribution >= 0.6 is 0 Å². The van der Waals surface area contributed by atoms with E-state index in [1.807, 2.05) is 0 Å². The summed E-state index contributed by atoms with van der Waals surface area (Å²) in [6.45, 7) is 8.43. The summed E-state index contributed by atoms with van der Waals surface area (Å²) in [5, 5.41) is 0. The molecule has 4 nitrogen and oxygen atoms in total. The van der Waals surface area contributed by atoms with E-state index in [1.54, 1.807) is 12.1 Å². The van der Waals surface area contributed by atoms with Crippen molar-refractivity contribution in [3.63, 3.8) is 0 Å². The topological polar surface area (TPSA) is 78.3 Å². The van der Waals surface area contributed by atoms with Crippen molar-refractivity contribution < 1.29 is 9.53 Å². The number of anilines is 2. The van der Waals surface area contributed by atoms with Crippen LogP contribution in [0.3, 0.4) is 0 Å². The average Bonchev–Trinajstić information content (AvgIpc) is 2.26. The third kappa shape index (κ3) is 2.42. The molecule has 0 aromatic heterocycles. The minimum atomic E-state index is -0.428. The van der Waals surface area contributed by atoms with Gasteiger partial charge >= 0.3 is 5.97 Å². The minimum absolute atomic E-state index is 0.150. The van der Waals surface area contributed by atoms with Gasteiger partial charge < -0.3 is 16.2 Å². The number of ether oxygens (including phenoxy) is 1. The highest BCUT2D eigenvalue weighted by Gasteiger charge is 2.29. The Morgan fingerprint density at radius 2 is 1.67 bits per heavy atom. The molecule has 0 aliphatic heterocycles. The lowest BCUT2D eigenvalue weighted by Gasteiger charge is -2.32. The van der Waals surface area contributed by atoms with E-state index >= 15 is 0 Å². The van der Waals surface area contributed by atoms with Crippen molar-refractivity contribution in [2.24, 2.45) is 5.92 Å². The summed E-state index contributed by atoms with van der Waals surface area (Å²) in [5.41, 5.74) is 14.3. The van der Waals surface area contributed by atoms with Crippen molar-refractivity contribution in [2.75, 3.05) is 18.6 Å². The molecule has 1 aromatic carbocycles. The van der Waals surface area contributed by atoms with E-state index in [0.717, 1.165) is 5.56 Å². The van der Waals surface area contributed by atoms with Crippen LogP contribution < -0.4 is 11.5 Å².